The van der Waals surface area contributed by atoms with Crippen molar-refractivity contribution in [3.05, 3.63) is 23.8 Å². The van der Waals surface area contributed by atoms with Gasteiger partial charge in [-0.15, -0.1) is 11.6 Å². The lowest BCUT2D eigenvalue weighted by Gasteiger charge is -2.26. The van der Waals surface area contributed by atoms with Crippen molar-refractivity contribution in [2.24, 2.45) is 0 Å². The van der Waals surface area contributed by atoms with Crippen LogP contribution in [0.4, 0.5) is 0 Å². The molecule has 0 fully saturated rings. The quantitative estimate of drug-likeness (QED) is 0.725. The van der Waals surface area contributed by atoms with Crippen molar-refractivity contribution in [1.29, 1.82) is 0 Å². The number of nitrogens with zero attached hydrogens (tertiary/aromatic N) is 1. The summed E-state index contributed by atoms with van der Waals surface area (Å²) in [5, 5.41) is 0. The van der Waals surface area contributed by atoms with E-state index in [2.05, 4.69) is 0 Å². The monoisotopic (exact) mass is 319 g/mol. The Morgan fingerprint density at radius 3 is 2.45 bits per heavy atom. The van der Waals surface area contributed by atoms with E-state index in [0.29, 0.717) is 17.9 Å². The lowest BCUT2D eigenvalue weighted by atomic mass is 10.2. The molecule has 114 valence electrons. The molecule has 0 heterocycles. The van der Waals surface area contributed by atoms with Crippen LogP contribution in [-0.2, 0) is 15.9 Å². The number of methoxy groups -OCH3 is 1. The van der Waals surface area contributed by atoms with Crippen molar-refractivity contribution in [2.45, 2.75) is 44.0 Å². The molecule has 0 N–H and O–H groups in total. The highest BCUT2D eigenvalue weighted by Gasteiger charge is 2.27. The second kappa shape index (κ2) is 7.29. The van der Waals surface area contributed by atoms with Crippen molar-refractivity contribution < 1.29 is 13.2 Å². The summed E-state index contributed by atoms with van der Waals surface area (Å²) in [5.41, 5.74) is 0.676. The molecule has 0 saturated heterocycles. The van der Waals surface area contributed by atoms with Crippen molar-refractivity contribution in [1.82, 2.24) is 4.31 Å². The van der Waals surface area contributed by atoms with Crippen molar-refractivity contribution >= 4 is 21.6 Å². The molecule has 0 bridgehead atoms. The Labute approximate surface area is 126 Å². The highest BCUT2D eigenvalue weighted by atomic mass is 35.5. The molecular formula is C14H22ClNO3S. The van der Waals surface area contributed by atoms with Crippen LogP contribution in [-0.4, -0.2) is 32.4 Å². The lowest BCUT2D eigenvalue weighted by Crippen LogP contribution is -2.38. The van der Waals surface area contributed by atoms with Gasteiger partial charge in [-0.3, -0.25) is 0 Å². The number of rotatable bonds is 7. The fraction of sp³-hybridized carbons (Fsp3) is 0.571. The van der Waals surface area contributed by atoms with E-state index in [-0.39, 0.29) is 16.8 Å². The summed E-state index contributed by atoms with van der Waals surface area (Å²) in [7, 11) is -1.96. The minimum Gasteiger partial charge on any atom is -0.496 e. The third-order valence-corrected chi connectivity index (χ3v) is 5.77. The number of benzene rings is 1. The predicted octanol–water partition coefficient (Wildman–Crippen LogP) is 3.24. The van der Waals surface area contributed by atoms with Gasteiger partial charge in [0, 0.05) is 18.2 Å². The second-order valence-electron chi connectivity index (χ2n) is 4.57. The van der Waals surface area contributed by atoms with E-state index in [0.717, 1.165) is 6.42 Å². The topological polar surface area (TPSA) is 46.6 Å². The summed E-state index contributed by atoms with van der Waals surface area (Å²) in [6.45, 7) is 6.17. The third-order valence-electron chi connectivity index (χ3n) is 3.40. The van der Waals surface area contributed by atoms with Gasteiger partial charge in [0.25, 0.3) is 0 Å². The molecule has 1 aromatic rings. The Bertz CT molecular complexity index is 545. The van der Waals surface area contributed by atoms with E-state index in [1.54, 1.807) is 18.2 Å². The summed E-state index contributed by atoms with van der Waals surface area (Å²) in [5.74, 6) is 0.813. The van der Waals surface area contributed by atoms with E-state index < -0.39 is 10.0 Å². The normalized spacial score (nSPS) is 13.5. The van der Waals surface area contributed by atoms with Crippen molar-refractivity contribution in [3.8, 4) is 5.75 Å². The van der Waals surface area contributed by atoms with Crippen LogP contribution in [0.15, 0.2) is 23.1 Å². The van der Waals surface area contributed by atoms with E-state index in [1.807, 2.05) is 20.8 Å². The van der Waals surface area contributed by atoms with E-state index in [1.165, 1.54) is 11.4 Å². The molecule has 0 amide bonds. The Morgan fingerprint density at radius 1 is 1.35 bits per heavy atom. The zero-order chi connectivity index (χ0) is 15.3. The molecule has 0 radical (unpaired) electrons. The fourth-order valence-corrected chi connectivity index (χ4v) is 4.05. The van der Waals surface area contributed by atoms with Gasteiger partial charge in [-0.05, 0) is 31.5 Å². The summed E-state index contributed by atoms with van der Waals surface area (Å²) in [6.07, 6.45) is 0.769. The number of alkyl halides is 1. The lowest BCUT2D eigenvalue weighted by molar-refractivity contribution is 0.342. The molecule has 0 aliphatic heterocycles. The average Bonchev–Trinajstić information content (AvgIpc) is 2.46. The van der Waals surface area contributed by atoms with Gasteiger partial charge in [0.1, 0.15) is 5.75 Å². The Hall–Kier alpha value is -0.780. The van der Waals surface area contributed by atoms with E-state index >= 15 is 0 Å². The first-order valence-electron chi connectivity index (χ1n) is 6.67. The van der Waals surface area contributed by atoms with Crippen LogP contribution in [0, 0.1) is 0 Å². The summed E-state index contributed by atoms with van der Waals surface area (Å²) in [4.78, 5) is 0.260. The molecule has 0 spiro atoms. The molecular weight excluding hydrogens is 298 g/mol. The highest BCUT2D eigenvalue weighted by Crippen LogP contribution is 2.26. The van der Waals surface area contributed by atoms with Crippen molar-refractivity contribution in [2.75, 3.05) is 13.7 Å². The molecule has 1 rings (SSSR count). The van der Waals surface area contributed by atoms with Crippen LogP contribution < -0.4 is 4.74 Å². The molecule has 0 aromatic heterocycles. The molecule has 1 aromatic carbocycles. The average molecular weight is 320 g/mol. The van der Waals surface area contributed by atoms with Gasteiger partial charge in [0.15, 0.2) is 0 Å². The highest BCUT2D eigenvalue weighted by molar-refractivity contribution is 7.89. The number of halogens is 1. The maximum absolute atomic E-state index is 12.7. The van der Waals surface area contributed by atoms with E-state index in [4.69, 9.17) is 16.3 Å². The Morgan fingerprint density at radius 2 is 2.00 bits per heavy atom. The first kappa shape index (κ1) is 17.3. The summed E-state index contributed by atoms with van der Waals surface area (Å²) < 4.78 is 32.0. The Balaban J connectivity index is 3.27. The number of ether oxygens (including phenoxy) is 1. The first-order chi connectivity index (χ1) is 9.42. The maximum atomic E-state index is 12.7. The van der Waals surface area contributed by atoms with Crippen LogP contribution in [0.5, 0.6) is 5.75 Å². The Kier molecular flexibility index (Phi) is 6.30. The van der Waals surface area contributed by atoms with E-state index in [9.17, 15) is 8.42 Å². The van der Waals surface area contributed by atoms with Gasteiger partial charge in [-0.1, -0.05) is 13.8 Å². The maximum Gasteiger partial charge on any atom is 0.243 e. The molecule has 6 heteroatoms. The molecule has 4 nitrogen and oxygen atoms in total. The zero-order valence-corrected chi connectivity index (χ0v) is 14.0. The van der Waals surface area contributed by atoms with Crippen LogP contribution >= 0.6 is 11.6 Å². The molecule has 20 heavy (non-hydrogen) atoms. The van der Waals surface area contributed by atoms with Crippen LogP contribution in [0.2, 0.25) is 0 Å². The fourth-order valence-electron chi connectivity index (χ4n) is 2.08. The van der Waals surface area contributed by atoms with Crippen LogP contribution in [0.3, 0.4) is 0 Å². The standard InChI is InChI=1S/C14H22ClNO3S/c1-5-11(3)16(6-2)20(17,18)13-7-8-14(19-4)12(9-13)10-15/h7-9,11H,5-6,10H2,1-4H3. The number of hydrogen-bond acceptors (Lipinski definition) is 3. The van der Waals surface area contributed by atoms with Crippen molar-refractivity contribution in [3.63, 3.8) is 0 Å². The summed E-state index contributed by atoms with van der Waals surface area (Å²) >= 11 is 5.85. The smallest absolute Gasteiger partial charge is 0.243 e. The second-order valence-corrected chi connectivity index (χ2v) is 6.73. The van der Waals surface area contributed by atoms with Crippen LogP contribution in [0.25, 0.3) is 0 Å². The van der Waals surface area contributed by atoms with Gasteiger partial charge >= 0.3 is 0 Å². The predicted molar refractivity (Wildman–Crippen MR) is 81.9 cm³/mol. The largest absolute Gasteiger partial charge is 0.496 e. The van der Waals surface area contributed by atoms with Crippen LogP contribution in [0.1, 0.15) is 32.8 Å². The minimum absolute atomic E-state index is 0.0356. The van der Waals surface area contributed by atoms with Gasteiger partial charge in [0.2, 0.25) is 10.0 Å². The van der Waals surface area contributed by atoms with Gasteiger partial charge < -0.3 is 4.74 Å². The number of hydrogen-bond donors (Lipinski definition) is 0. The minimum atomic E-state index is -3.50. The number of sulfonamides is 1. The molecule has 0 aliphatic rings. The van der Waals surface area contributed by atoms with Gasteiger partial charge in [0.05, 0.1) is 17.9 Å². The van der Waals surface area contributed by atoms with Gasteiger partial charge in [-0.2, -0.15) is 4.31 Å². The van der Waals surface area contributed by atoms with Gasteiger partial charge in [-0.25, -0.2) is 8.42 Å². The molecule has 1 atom stereocenters. The first-order valence-corrected chi connectivity index (χ1v) is 8.64. The summed E-state index contributed by atoms with van der Waals surface area (Å²) in [6, 6.07) is 4.77. The molecule has 0 aliphatic carbocycles. The SMILES string of the molecule is CCC(C)N(CC)S(=O)(=O)c1ccc(OC)c(CCl)c1. The molecule has 0 saturated carbocycles. The molecule has 1 unspecified atom stereocenters. The zero-order valence-electron chi connectivity index (χ0n) is 12.4. The third kappa shape index (κ3) is 3.45.